The molecule has 4 aromatic rings. The number of carbonyl (C=O) groups is 1. The third-order valence-corrected chi connectivity index (χ3v) is 4.78. The molecule has 140 valence electrons. The summed E-state index contributed by atoms with van der Waals surface area (Å²) in [5, 5.41) is 6.67. The number of aryl methyl sites for hydroxylation is 1. The molecule has 0 aliphatic carbocycles. The van der Waals surface area contributed by atoms with Crippen molar-refractivity contribution in [1.29, 1.82) is 0 Å². The molecule has 4 rings (SSSR count). The van der Waals surface area contributed by atoms with Crippen LogP contribution in [0.5, 0.6) is 0 Å². The summed E-state index contributed by atoms with van der Waals surface area (Å²) in [5.74, 6) is -2.26. The lowest BCUT2D eigenvalue weighted by molar-refractivity contribution is 0.102. The molecule has 0 unspecified atom stereocenters. The van der Waals surface area contributed by atoms with Crippen molar-refractivity contribution in [2.75, 3.05) is 5.32 Å². The van der Waals surface area contributed by atoms with Crippen LogP contribution >= 0.6 is 15.9 Å². The van der Waals surface area contributed by atoms with Crippen molar-refractivity contribution in [2.24, 2.45) is 0 Å². The highest BCUT2D eigenvalue weighted by molar-refractivity contribution is 9.10. The van der Waals surface area contributed by atoms with Crippen LogP contribution in [-0.4, -0.2) is 20.5 Å². The molecule has 0 saturated carbocycles. The Morgan fingerprint density at radius 1 is 1.11 bits per heavy atom. The number of amides is 1. The van der Waals surface area contributed by atoms with Crippen LogP contribution in [-0.2, 0) is 0 Å². The van der Waals surface area contributed by atoms with Crippen molar-refractivity contribution in [3.8, 4) is 11.3 Å². The van der Waals surface area contributed by atoms with Crippen LogP contribution in [0.1, 0.15) is 16.2 Å². The van der Waals surface area contributed by atoms with Gasteiger partial charge in [-0.1, -0.05) is 30.3 Å². The van der Waals surface area contributed by atoms with Crippen LogP contribution < -0.4 is 5.32 Å². The lowest BCUT2D eigenvalue weighted by Gasteiger charge is -2.07. The molecule has 0 aliphatic heterocycles. The first-order valence-electron chi connectivity index (χ1n) is 8.31. The van der Waals surface area contributed by atoms with Crippen molar-refractivity contribution >= 4 is 33.2 Å². The van der Waals surface area contributed by atoms with Crippen molar-refractivity contribution in [3.63, 3.8) is 0 Å². The zero-order valence-corrected chi connectivity index (χ0v) is 16.2. The minimum absolute atomic E-state index is 0.0661. The molecule has 28 heavy (non-hydrogen) atoms. The molecular weight excluding hydrogens is 430 g/mol. The second-order valence-electron chi connectivity index (χ2n) is 6.15. The highest BCUT2D eigenvalue weighted by Gasteiger charge is 2.18. The van der Waals surface area contributed by atoms with E-state index in [0.29, 0.717) is 11.7 Å². The lowest BCUT2D eigenvalue weighted by atomic mass is 10.1. The smallest absolute Gasteiger partial charge is 0.276 e. The number of aromatic nitrogens is 3. The first-order valence-corrected chi connectivity index (χ1v) is 9.10. The molecule has 8 heteroatoms. The van der Waals surface area contributed by atoms with Gasteiger partial charge in [-0.3, -0.25) is 4.79 Å². The SMILES string of the molecule is Cc1cc(-c2ccccc2)nc2cc(C(=O)Nc3c(F)cc(F)cc3Br)nn12. The summed E-state index contributed by atoms with van der Waals surface area (Å²) in [7, 11) is 0. The Kier molecular flexibility index (Phi) is 4.64. The highest BCUT2D eigenvalue weighted by atomic mass is 79.9. The minimum Gasteiger partial charge on any atom is -0.317 e. The molecule has 2 heterocycles. The number of hydrogen-bond acceptors (Lipinski definition) is 3. The fourth-order valence-corrected chi connectivity index (χ4v) is 3.34. The molecule has 0 aliphatic rings. The van der Waals surface area contributed by atoms with Crippen LogP contribution in [0.4, 0.5) is 14.5 Å². The van der Waals surface area contributed by atoms with Crippen LogP contribution in [0.2, 0.25) is 0 Å². The summed E-state index contributed by atoms with van der Waals surface area (Å²) in [4.78, 5) is 17.1. The largest absolute Gasteiger partial charge is 0.317 e. The van der Waals surface area contributed by atoms with E-state index in [1.54, 1.807) is 0 Å². The number of rotatable bonds is 3. The number of hydrogen-bond donors (Lipinski definition) is 1. The summed E-state index contributed by atoms with van der Waals surface area (Å²) >= 11 is 3.05. The van der Waals surface area contributed by atoms with E-state index < -0.39 is 17.5 Å². The standard InChI is InChI=1S/C20H13BrF2N4O/c1-11-7-16(12-5-3-2-4-6-12)24-18-10-17(26-27(11)18)20(28)25-19-14(21)8-13(22)9-15(19)23/h2-10H,1H3,(H,25,28). The summed E-state index contributed by atoms with van der Waals surface area (Å²) in [6.45, 7) is 1.85. The van der Waals surface area contributed by atoms with Gasteiger partial charge in [0.1, 0.15) is 5.82 Å². The first kappa shape index (κ1) is 18.2. The Morgan fingerprint density at radius 3 is 2.57 bits per heavy atom. The number of carbonyl (C=O) groups excluding carboxylic acids is 1. The van der Waals surface area contributed by atoms with E-state index in [9.17, 15) is 13.6 Å². The van der Waals surface area contributed by atoms with Crippen LogP contribution in [0.25, 0.3) is 16.9 Å². The molecule has 0 bridgehead atoms. The van der Waals surface area contributed by atoms with E-state index in [0.717, 1.165) is 23.0 Å². The quantitative estimate of drug-likeness (QED) is 0.485. The van der Waals surface area contributed by atoms with E-state index in [2.05, 4.69) is 31.3 Å². The zero-order chi connectivity index (χ0) is 19.8. The molecule has 2 aromatic heterocycles. The normalized spacial score (nSPS) is 11.0. The van der Waals surface area contributed by atoms with Gasteiger partial charge in [-0.2, -0.15) is 5.10 Å². The average molecular weight is 443 g/mol. The Balaban J connectivity index is 1.70. The summed E-state index contributed by atoms with van der Waals surface area (Å²) in [6, 6.07) is 14.8. The van der Waals surface area contributed by atoms with Gasteiger partial charge in [0, 0.05) is 27.9 Å². The molecular formula is C20H13BrF2N4O. The van der Waals surface area contributed by atoms with E-state index in [1.165, 1.54) is 10.6 Å². The first-order chi connectivity index (χ1) is 13.4. The van der Waals surface area contributed by atoms with Crippen molar-refractivity contribution < 1.29 is 13.6 Å². The fraction of sp³-hybridized carbons (Fsp3) is 0.0500. The summed E-state index contributed by atoms with van der Waals surface area (Å²) in [5.41, 5.74) is 2.89. The number of halogens is 3. The van der Waals surface area contributed by atoms with Crippen molar-refractivity contribution in [2.45, 2.75) is 6.92 Å². The van der Waals surface area contributed by atoms with Gasteiger partial charge in [0.2, 0.25) is 0 Å². The van der Waals surface area contributed by atoms with Crippen LogP contribution in [0, 0.1) is 18.6 Å². The molecule has 2 aromatic carbocycles. The van der Waals surface area contributed by atoms with Gasteiger partial charge < -0.3 is 5.32 Å². The van der Waals surface area contributed by atoms with Crippen LogP contribution in [0.3, 0.4) is 0 Å². The maximum atomic E-state index is 14.0. The van der Waals surface area contributed by atoms with Gasteiger partial charge in [-0.25, -0.2) is 18.3 Å². The molecule has 0 saturated heterocycles. The molecule has 1 amide bonds. The van der Waals surface area contributed by atoms with E-state index in [-0.39, 0.29) is 15.9 Å². The Hall–Kier alpha value is -3.13. The van der Waals surface area contributed by atoms with E-state index in [4.69, 9.17) is 0 Å². The van der Waals surface area contributed by atoms with Gasteiger partial charge in [0.05, 0.1) is 11.4 Å². The second kappa shape index (κ2) is 7.12. The zero-order valence-electron chi connectivity index (χ0n) is 14.6. The third kappa shape index (κ3) is 3.38. The topological polar surface area (TPSA) is 59.3 Å². The minimum atomic E-state index is -0.885. The van der Waals surface area contributed by atoms with Gasteiger partial charge in [0.15, 0.2) is 17.2 Å². The predicted molar refractivity (Wildman–Crippen MR) is 105 cm³/mol. The molecule has 0 atom stereocenters. The van der Waals surface area contributed by atoms with Gasteiger partial charge in [-0.05, 0) is 35.0 Å². The van der Waals surface area contributed by atoms with Gasteiger partial charge in [0.25, 0.3) is 5.91 Å². The third-order valence-electron chi connectivity index (χ3n) is 4.15. The van der Waals surface area contributed by atoms with Crippen molar-refractivity contribution in [1.82, 2.24) is 14.6 Å². The van der Waals surface area contributed by atoms with E-state index in [1.807, 2.05) is 43.3 Å². The number of nitrogens with one attached hydrogen (secondary N) is 1. The number of anilines is 1. The molecule has 5 nitrogen and oxygen atoms in total. The van der Waals surface area contributed by atoms with Gasteiger partial charge >= 0.3 is 0 Å². The predicted octanol–water partition coefficient (Wildman–Crippen LogP) is 5.00. The summed E-state index contributed by atoms with van der Waals surface area (Å²) in [6.07, 6.45) is 0. The van der Waals surface area contributed by atoms with Crippen molar-refractivity contribution in [3.05, 3.63) is 82.1 Å². The average Bonchev–Trinajstić information content (AvgIpc) is 3.10. The number of fused-ring (bicyclic) bond motifs is 1. The number of nitrogens with zero attached hydrogens (tertiary/aromatic N) is 3. The molecule has 0 fully saturated rings. The second-order valence-corrected chi connectivity index (χ2v) is 7.00. The summed E-state index contributed by atoms with van der Waals surface area (Å²) < 4.78 is 28.8. The van der Waals surface area contributed by atoms with Gasteiger partial charge in [-0.15, -0.1) is 0 Å². The number of benzene rings is 2. The molecule has 0 radical (unpaired) electrons. The van der Waals surface area contributed by atoms with E-state index >= 15 is 0 Å². The monoisotopic (exact) mass is 442 g/mol. The van der Waals surface area contributed by atoms with Crippen LogP contribution in [0.15, 0.2) is 59.1 Å². The maximum absolute atomic E-state index is 14.0. The fourth-order valence-electron chi connectivity index (χ4n) is 2.83. The Bertz CT molecular complexity index is 1180. The Labute approximate surface area is 167 Å². The highest BCUT2D eigenvalue weighted by Crippen LogP contribution is 2.27. The lowest BCUT2D eigenvalue weighted by Crippen LogP contribution is -2.14. The molecule has 1 N–H and O–H groups in total. The maximum Gasteiger partial charge on any atom is 0.276 e. The Morgan fingerprint density at radius 2 is 1.86 bits per heavy atom. The molecule has 0 spiro atoms.